The summed E-state index contributed by atoms with van der Waals surface area (Å²) in [5.74, 6) is 1.12. The molecular weight excluding hydrogens is 216 g/mol. The average Bonchev–Trinajstić information content (AvgIpc) is 2.39. The summed E-state index contributed by atoms with van der Waals surface area (Å²) in [4.78, 5) is 13.9. The number of nitrogens with one attached hydrogen (secondary N) is 1. The van der Waals surface area contributed by atoms with Crippen LogP contribution in [0.1, 0.15) is 18.0 Å². The van der Waals surface area contributed by atoms with Crippen LogP contribution in [0.25, 0.3) is 0 Å². The third-order valence-corrected chi connectivity index (χ3v) is 3.43. The molecule has 1 amide bonds. The van der Waals surface area contributed by atoms with Crippen molar-refractivity contribution in [3.05, 3.63) is 29.8 Å². The highest BCUT2D eigenvalue weighted by molar-refractivity contribution is 5.79. The number of amides is 1. The van der Waals surface area contributed by atoms with Gasteiger partial charge in [0.05, 0.1) is 19.2 Å². The van der Waals surface area contributed by atoms with Gasteiger partial charge in [-0.2, -0.15) is 0 Å². The fraction of sp³-hybridized carbons (Fsp3) is 0.462. The lowest BCUT2D eigenvalue weighted by molar-refractivity contribution is -0.135. The van der Waals surface area contributed by atoms with E-state index in [1.165, 1.54) is 0 Å². The zero-order valence-corrected chi connectivity index (χ0v) is 9.69. The van der Waals surface area contributed by atoms with E-state index in [1.54, 1.807) is 0 Å². The lowest BCUT2D eigenvalue weighted by Crippen LogP contribution is -2.50. The highest BCUT2D eigenvalue weighted by Crippen LogP contribution is 2.35. The zero-order valence-electron chi connectivity index (χ0n) is 9.69. The molecule has 1 N–H and O–H groups in total. The predicted molar refractivity (Wildman–Crippen MR) is 63.9 cm³/mol. The van der Waals surface area contributed by atoms with Crippen molar-refractivity contribution >= 4 is 5.91 Å². The standard InChI is InChI=1S/C13H16N2O2/c16-13-9-14-6-7-15(13)11-5-8-17-12-4-2-1-3-10(11)12/h1-4,11,14H,5-9H2. The lowest BCUT2D eigenvalue weighted by atomic mass is 9.98. The minimum atomic E-state index is 0.189. The Labute approximate surface area is 101 Å². The normalized spacial score (nSPS) is 24.1. The SMILES string of the molecule is O=C1CNCCN1C1CCOc2ccccc21. The number of nitrogens with zero attached hydrogens (tertiary/aromatic N) is 1. The van der Waals surface area contributed by atoms with E-state index in [4.69, 9.17) is 4.74 Å². The third-order valence-electron chi connectivity index (χ3n) is 3.43. The predicted octanol–water partition coefficient (Wildman–Crippen LogP) is 0.942. The Morgan fingerprint density at radius 3 is 3.12 bits per heavy atom. The zero-order chi connectivity index (χ0) is 11.7. The Bertz CT molecular complexity index is 433. The van der Waals surface area contributed by atoms with Crippen LogP contribution < -0.4 is 10.1 Å². The van der Waals surface area contributed by atoms with Gasteiger partial charge in [0, 0.05) is 25.1 Å². The minimum Gasteiger partial charge on any atom is -0.493 e. The van der Waals surface area contributed by atoms with E-state index in [0.29, 0.717) is 13.2 Å². The van der Waals surface area contributed by atoms with Gasteiger partial charge < -0.3 is 15.0 Å². The van der Waals surface area contributed by atoms with E-state index in [2.05, 4.69) is 11.4 Å². The second-order valence-electron chi connectivity index (χ2n) is 4.45. The summed E-state index contributed by atoms with van der Waals surface area (Å²) in [6.45, 7) is 2.82. The maximum atomic E-state index is 11.9. The Balaban J connectivity index is 1.91. The van der Waals surface area contributed by atoms with Crippen LogP contribution in [0.3, 0.4) is 0 Å². The van der Waals surface area contributed by atoms with E-state index < -0.39 is 0 Å². The molecule has 2 aliphatic rings. The average molecular weight is 232 g/mol. The Kier molecular flexibility index (Phi) is 2.73. The van der Waals surface area contributed by atoms with Crippen molar-refractivity contribution in [3.8, 4) is 5.75 Å². The second-order valence-corrected chi connectivity index (χ2v) is 4.45. The van der Waals surface area contributed by atoms with Gasteiger partial charge in [0.1, 0.15) is 5.75 Å². The van der Waals surface area contributed by atoms with Gasteiger partial charge >= 0.3 is 0 Å². The molecule has 1 aromatic carbocycles. The fourth-order valence-corrected chi connectivity index (χ4v) is 2.60. The monoisotopic (exact) mass is 232 g/mol. The molecule has 0 aromatic heterocycles. The molecule has 17 heavy (non-hydrogen) atoms. The van der Waals surface area contributed by atoms with Crippen molar-refractivity contribution in [3.63, 3.8) is 0 Å². The number of ether oxygens (including phenoxy) is 1. The van der Waals surface area contributed by atoms with Crippen molar-refractivity contribution in [2.24, 2.45) is 0 Å². The van der Waals surface area contributed by atoms with Crippen molar-refractivity contribution in [1.29, 1.82) is 0 Å². The number of para-hydroxylation sites is 1. The topological polar surface area (TPSA) is 41.6 Å². The summed E-state index contributed by atoms with van der Waals surface area (Å²) in [6.07, 6.45) is 0.892. The molecule has 1 unspecified atom stereocenters. The third kappa shape index (κ3) is 1.89. The van der Waals surface area contributed by atoms with Gasteiger partial charge in [-0.1, -0.05) is 18.2 Å². The Morgan fingerprint density at radius 2 is 2.24 bits per heavy atom. The molecule has 0 spiro atoms. The van der Waals surface area contributed by atoms with Crippen LogP contribution in [0.2, 0.25) is 0 Å². The number of rotatable bonds is 1. The van der Waals surface area contributed by atoms with Crippen LogP contribution in [-0.4, -0.2) is 37.0 Å². The highest BCUT2D eigenvalue weighted by atomic mass is 16.5. The number of benzene rings is 1. The Morgan fingerprint density at radius 1 is 1.35 bits per heavy atom. The van der Waals surface area contributed by atoms with Crippen LogP contribution in [0.15, 0.2) is 24.3 Å². The van der Waals surface area contributed by atoms with Crippen LogP contribution in [0.4, 0.5) is 0 Å². The molecule has 1 aromatic rings. The van der Waals surface area contributed by atoms with Gasteiger partial charge in [-0.25, -0.2) is 0 Å². The van der Waals surface area contributed by atoms with Gasteiger partial charge in [0.15, 0.2) is 0 Å². The molecule has 1 saturated heterocycles. The summed E-state index contributed by atoms with van der Waals surface area (Å²) in [6, 6.07) is 8.21. The molecule has 4 nitrogen and oxygen atoms in total. The van der Waals surface area contributed by atoms with Crippen molar-refractivity contribution in [1.82, 2.24) is 10.2 Å². The minimum absolute atomic E-state index is 0.189. The molecule has 0 aliphatic carbocycles. The molecule has 1 atom stereocenters. The Hall–Kier alpha value is -1.55. The smallest absolute Gasteiger partial charge is 0.237 e. The van der Waals surface area contributed by atoms with E-state index in [1.807, 2.05) is 23.1 Å². The quantitative estimate of drug-likeness (QED) is 0.783. The first-order valence-electron chi connectivity index (χ1n) is 6.08. The molecule has 0 bridgehead atoms. The highest BCUT2D eigenvalue weighted by Gasteiger charge is 2.31. The molecule has 0 saturated carbocycles. The first-order valence-corrected chi connectivity index (χ1v) is 6.08. The summed E-state index contributed by atoms with van der Waals surface area (Å²) in [5, 5.41) is 3.11. The number of carbonyl (C=O) groups excluding carboxylic acids is 1. The molecule has 90 valence electrons. The van der Waals surface area contributed by atoms with E-state index in [9.17, 15) is 4.79 Å². The van der Waals surface area contributed by atoms with Gasteiger partial charge in [-0.05, 0) is 6.07 Å². The van der Waals surface area contributed by atoms with E-state index in [-0.39, 0.29) is 11.9 Å². The maximum absolute atomic E-state index is 11.9. The second kappa shape index (κ2) is 4.37. The van der Waals surface area contributed by atoms with Gasteiger partial charge in [0.25, 0.3) is 0 Å². The molecule has 0 radical (unpaired) electrons. The maximum Gasteiger partial charge on any atom is 0.237 e. The molecule has 3 rings (SSSR count). The van der Waals surface area contributed by atoms with Crippen molar-refractivity contribution in [2.75, 3.05) is 26.2 Å². The van der Waals surface area contributed by atoms with Crippen LogP contribution in [-0.2, 0) is 4.79 Å². The lowest BCUT2D eigenvalue weighted by Gasteiger charge is -2.38. The summed E-state index contributed by atoms with van der Waals surface area (Å²) in [5.41, 5.74) is 1.15. The van der Waals surface area contributed by atoms with Crippen LogP contribution >= 0.6 is 0 Å². The number of piperazine rings is 1. The molecule has 1 fully saturated rings. The fourth-order valence-electron chi connectivity index (χ4n) is 2.60. The molecule has 4 heteroatoms. The van der Waals surface area contributed by atoms with Gasteiger partial charge in [0.2, 0.25) is 5.91 Å². The van der Waals surface area contributed by atoms with E-state index in [0.717, 1.165) is 30.8 Å². The van der Waals surface area contributed by atoms with Crippen molar-refractivity contribution < 1.29 is 9.53 Å². The first kappa shape index (κ1) is 10.6. The van der Waals surface area contributed by atoms with Crippen LogP contribution in [0, 0.1) is 0 Å². The number of carbonyl (C=O) groups is 1. The van der Waals surface area contributed by atoms with Gasteiger partial charge in [-0.3, -0.25) is 4.79 Å². The largest absolute Gasteiger partial charge is 0.493 e. The van der Waals surface area contributed by atoms with Crippen molar-refractivity contribution in [2.45, 2.75) is 12.5 Å². The molecular formula is C13H16N2O2. The number of hydrogen-bond donors (Lipinski definition) is 1. The number of fused-ring (bicyclic) bond motifs is 1. The number of hydrogen-bond acceptors (Lipinski definition) is 3. The summed E-state index contributed by atoms with van der Waals surface area (Å²) in [7, 11) is 0. The van der Waals surface area contributed by atoms with Crippen LogP contribution in [0.5, 0.6) is 5.75 Å². The summed E-state index contributed by atoms with van der Waals surface area (Å²) < 4.78 is 5.63. The van der Waals surface area contributed by atoms with E-state index >= 15 is 0 Å². The first-order chi connectivity index (χ1) is 8.36. The molecule has 2 heterocycles. The summed E-state index contributed by atoms with van der Waals surface area (Å²) >= 11 is 0. The van der Waals surface area contributed by atoms with Gasteiger partial charge in [-0.15, -0.1) is 0 Å². The molecule has 2 aliphatic heterocycles.